The second-order valence-electron chi connectivity index (χ2n) is 5.32. The molecule has 24 heavy (non-hydrogen) atoms. The summed E-state index contributed by atoms with van der Waals surface area (Å²) in [4.78, 5) is 12.2. The van der Waals surface area contributed by atoms with Crippen molar-refractivity contribution < 1.29 is 14.3 Å². The summed E-state index contributed by atoms with van der Waals surface area (Å²) in [6, 6.07) is 14.8. The Kier molecular flexibility index (Phi) is 4.96. The molecule has 2 aromatic carbocycles. The lowest BCUT2D eigenvalue weighted by atomic mass is 10.2. The van der Waals surface area contributed by atoms with E-state index in [9.17, 15) is 4.79 Å². The van der Waals surface area contributed by atoms with Crippen LogP contribution in [0, 0.1) is 0 Å². The number of hydrazone groups is 1. The molecule has 1 unspecified atom stereocenters. The predicted molar refractivity (Wildman–Crippen MR) is 92.4 cm³/mol. The van der Waals surface area contributed by atoms with Gasteiger partial charge in [0.15, 0.2) is 11.5 Å². The van der Waals surface area contributed by atoms with Crippen LogP contribution in [0.4, 0.5) is 5.69 Å². The van der Waals surface area contributed by atoms with E-state index in [0.717, 1.165) is 11.3 Å². The lowest BCUT2D eigenvalue weighted by molar-refractivity contribution is -0.121. The first-order valence-corrected chi connectivity index (χ1v) is 7.80. The van der Waals surface area contributed by atoms with Crippen LogP contribution in [0.3, 0.4) is 0 Å². The van der Waals surface area contributed by atoms with Crippen LogP contribution in [0.15, 0.2) is 53.6 Å². The van der Waals surface area contributed by atoms with E-state index >= 15 is 0 Å². The second-order valence-corrected chi connectivity index (χ2v) is 5.32. The normalized spacial score (nSPS) is 13.7. The number of hydrogen-bond donors (Lipinski definition) is 2. The molecule has 0 saturated carbocycles. The highest BCUT2D eigenvalue weighted by Gasteiger charge is 2.15. The zero-order valence-corrected chi connectivity index (χ0v) is 13.4. The standard InChI is InChI=1S/C18H19N3O3/c1-2-15(20-14-6-4-3-5-7-14)18(22)21-19-11-13-8-9-16-17(10-13)24-12-23-16/h3-11,15,20H,2,12H2,1H3,(H,21,22). The van der Waals surface area contributed by atoms with E-state index in [4.69, 9.17) is 9.47 Å². The molecule has 6 heteroatoms. The maximum atomic E-state index is 12.2. The Morgan fingerprint density at radius 2 is 2.00 bits per heavy atom. The molecule has 1 aliphatic rings. The topological polar surface area (TPSA) is 72.0 Å². The summed E-state index contributed by atoms with van der Waals surface area (Å²) in [7, 11) is 0. The molecule has 2 aromatic rings. The quantitative estimate of drug-likeness (QED) is 0.633. The minimum Gasteiger partial charge on any atom is -0.454 e. The minimum absolute atomic E-state index is 0.182. The first kappa shape index (κ1) is 15.9. The average molecular weight is 325 g/mol. The zero-order valence-electron chi connectivity index (χ0n) is 13.4. The smallest absolute Gasteiger partial charge is 0.262 e. The molecule has 124 valence electrons. The molecule has 1 heterocycles. The van der Waals surface area contributed by atoms with Crippen molar-refractivity contribution in [2.75, 3.05) is 12.1 Å². The van der Waals surface area contributed by atoms with Gasteiger partial charge >= 0.3 is 0 Å². The first-order valence-electron chi connectivity index (χ1n) is 7.80. The van der Waals surface area contributed by atoms with Crippen molar-refractivity contribution in [1.29, 1.82) is 0 Å². The molecular weight excluding hydrogens is 306 g/mol. The maximum absolute atomic E-state index is 12.2. The molecule has 0 spiro atoms. The van der Waals surface area contributed by atoms with E-state index in [1.54, 1.807) is 6.21 Å². The van der Waals surface area contributed by atoms with Gasteiger partial charge in [-0.05, 0) is 42.3 Å². The number of carbonyl (C=O) groups excluding carboxylic acids is 1. The molecule has 1 amide bonds. The van der Waals surface area contributed by atoms with Gasteiger partial charge in [-0.2, -0.15) is 5.10 Å². The van der Waals surface area contributed by atoms with Crippen LogP contribution in [0.1, 0.15) is 18.9 Å². The number of amides is 1. The van der Waals surface area contributed by atoms with Gasteiger partial charge in [-0.3, -0.25) is 4.79 Å². The van der Waals surface area contributed by atoms with E-state index in [0.29, 0.717) is 17.9 Å². The predicted octanol–water partition coefficient (Wildman–Crippen LogP) is 2.76. The van der Waals surface area contributed by atoms with Crippen molar-refractivity contribution in [3.05, 3.63) is 54.1 Å². The fourth-order valence-electron chi connectivity index (χ4n) is 2.33. The van der Waals surface area contributed by atoms with Crippen LogP contribution in [-0.4, -0.2) is 25.0 Å². The van der Waals surface area contributed by atoms with Crippen molar-refractivity contribution in [1.82, 2.24) is 5.43 Å². The number of carbonyl (C=O) groups is 1. The molecule has 0 radical (unpaired) electrons. The lowest BCUT2D eigenvalue weighted by Crippen LogP contribution is -2.36. The van der Waals surface area contributed by atoms with Crippen LogP contribution in [0.2, 0.25) is 0 Å². The largest absolute Gasteiger partial charge is 0.454 e. The van der Waals surface area contributed by atoms with E-state index in [2.05, 4.69) is 15.8 Å². The monoisotopic (exact) mass is 325 g/mol. The fraction of sp³-hybridized carbons (Fsp3) is 0.222. The Morgan fingerprint density at radius 1 is 1.21 bits per heavy atom. The van der Waals surface area contributed by atoms with Crippen LogP contribution in [0.25, 0.3) is 0 Å². The maximum Gasteiger partial charge on any atom is 0.262 e. The first-order chi connectivity index (χ1) is 11.8. The molecule has 1 aliphatic heterocycles. The minimum atomic E-state index is -0.346. The molecule has 0 fully saturated rings. The average Bonchev–Trinajstić information content (AvgIpc) is 3.08. The van der Waals surface area contributed by atoms with Crippen LogP contribution >= 0.6 is 0 Å². The third-order valence-electron chi connectivity index (χ3n) is 3.62. The highest BCUT2D eigenvalue weighted by Crippen LogP contribution is 2.31. The van der Waals surface area contributed by atoms with Gasteiger partial charge in [0, 0.05) is 5.69 Å². The third-order valence-corrected chi connectivity index (χ3v) is 3.62. The molecule has 1 atom stereocenters. The van der Waals surface area contributed by atoms with Gasteiger partial charge in [-0.1, -0.05) is 25.1 Å². The van der Waals surface area contributed by atoms with Gasteiger partial charge in [-0.25, -0.2) is 5.43 Å². The van der Waals surface area contributed by atoms with Gasteiger partial charge < -0.3 is 14.8 Å². The lowest BCUT2D eigenvalue weighted by Gasteiger charge is -2.16. The van der Waals surface area contributed by atoms with E-state index in [1.165, 1.54) is 0 Å². The van der Waals surface area contributed by atoms with E-state index in [-0.39, 0.29) is 18.7 Å². The van der Waals surface area contributed by atoms with Crippen molar-refractivity contribution in [2.45, 2.75) is 19.4 Å². The Balaban J connectivity index is 1.57. The molecule has 3 rings (SSSR count). The van der Waals surface area contributed by atoms with Crippen molar-refractivity contribution in [3.63, 3.8) is 0 Å². The zero-order chi connectivity index (χ0) is 16.8. The molecule has 0 aliphatic carbocycles. The number of fused-ring (bicyclic) bond motifs is 1. The van der Waals surface area contributed by atoms with Crippen LogP contribution in [0.5, 0.6) is 11.5 Å². The van der Waals surface area contributed by atoms with Crippen LogP contribution < -0.4 is 20.2 Å². The van der Waals surface area contributed by atoms with E-state index in [1.807, 2.05) is 55.5 Å². The molecule has 0 bridgehead atoms. The summed E-state index contributed by atoms with van der Waals surface area (Å²) in [6.07, 6.45) is 2.23. The highest BCUT2D eigenvalue weighted by atomic mass is 16.7. The third kappa shape index (κ3) is 3.84. The summed E-state index contributed by atoms with van der Waals surface area (Å²) in [5, 5.41) is 7.21. The second kappa shape index (κ2) is 7.50. The molecule has 6 nitrogen and oxygen atoms in total. The Bertz CT molecular complexity index is 732. The summed E-state index contributed by atoms with van der Waals surface area (Å²) < 4.78 is 10.6. The number of para-hydroxylation sites is 1. The summed E-state index contributed by atoms with van der Waals surface area (Å²) in [6.45, 7) is 2.18. The van der Waals surface area contributed by atoms with Gasteiger partial charge in [0.1, 0.15) is 6.04 Å². The van der Waals surface area contributed by atoms with Gasteiger partial charge in [-0.15, -0.1) is 0 Å². The Morgan fingerprint density at radius 3 is 2.79 bits per heavy atom. The molecule has 0 saturated heterocycles. The number of rotatable bonds is 6. The SMILES string of the molecule is CCC(Nc1ccccc1)C(=O)NN=Cc1ccc2c(c1)OCO2. The highest BCUT2D eigenvalue weighted by molar-refractivity contribution is 5.87. The van der Waals surface area contributed by atoms with Gasteiger partial charge in [0.25, 0.3) is 5.91 Å². The van der Waals surface area contributed by atoms with E-state index < -0.39 is 0 Å². The van der Waals surface area contributed by atoms with Crippen molar-refractivity contribution in [3.8, 4) is 11.5 Å². The fourth-order valence-corrected chi connectivity index (χ4v) is 2.33. The van der Waals surface area contributed by atoms with Crippen LogP contribution in [-0.2, 0) is 4.79 Å². The van der Waals surface area contributed by atoms with Crippen molar-refractivity contribution >= 4 is 17.8 Å². The van der Waals surface area contributed by atoms with Gasteiger partial charge in [0.05, 0.1) is 6.21 Å². The number of benzene rings is 2. The summed E-state index contributed by atoms with van der Waals surface area (Å²) in [5.41, 5.74) is 4.29. The number of hydrogen-bond acceptors (Lipinski definition) is 5. The molecular formula is C18H19N3O3. The summed E-state index contributed by atoms with van der Waals surface area (Å²) in [5.74, 6) is 1.22. The molecule has 0 aromatic heterocycles. The number of ether oxygens (including phenoxy) is 2. The Hall–Kier alpha value is -3.02. The van der Waals surface area contributed by atoms with Crippen molar-refractivity contribution in [2.24, 2.45) is 5.10 Å². The number of anilines is 1. The number of nitrogens with zero attached hydrogens (tertiary/aromatic N) is 1. The Labute approximate surface area is 140 Å². The number of nitrogens with one attached hydrogen (secondary N) is 2. The van der Waals surface area contributed by atoms with Gasteiger partial charge in [0.2, 0.25) is 6.79 Å². The molecule has 2 N–H and O–H groups in total. The summed E-state index contributed by atoms with van der Waals surface area (Å²) >= 11 is 0.